The third-order valence-electron chi connectivity index (χ3n) is 8.61. The van der Waals surface area contributed by atoms with Crippen molar-refractivity contribution in [1.29, 1.82) is 0 Å². The number of nitrogens with one attached hydrogen (secondary N) is 1. The van der Waals surface area contributed by atoms with Crippen LogP contribution in [0.3, 0.4) is 0 Å². The Kier molecular flexibility index (Phi) is 5.73. The van der Waals surface area contributed by atoms with Crippen LogP contribution in [0.1, 0.15) is 44.1 Å². The SMILES string of the molecule is Cc1ccc(N2C(=O)[C@@H]3C4c5ccccc5C(/C=N/NC(=O)c5cc(Br)ccc5O)(c5ccccc54)[C@H]3C2=O)cc1. The highest BCUT2D eigenvalue weighted by Gasteiger charge is 2.68. The summed E-state index contributed by atoms with van der Waals surface area (Å²) < 4.78 is 0.630. The lowest BCUT2D eigenvalue weighted by Crippen LogP contribution is -2.54. The zero-order valence-corrected chi connectivity index (χ0v) is 23.5. The number of hydrogen-bond donors (Lipinski definition) is 2. The Labute approximate surface area is 244 Å². The molecule has 41 heavy (non-hydrogen) atoms. The lowest BCUT2D eigenvalue weighted by molar-refractivity contribution is -0.122. The van der Waals surface area contributed by atoms with Crippen LogP contribution in [0, 0.1) is 18.8 Å². The fourth-order valence-corrected chi connectivity index (χ4v) is 7.30. The maximum Gasteiger partial charge on any atom is 0.275 e. The summed E-state index contributed by atoms with van der Waals surface area (Å²) in [7, 11) is 0. The normalized spacial score (nSPS) is 23.9. The quantitative estimate of drug-likeness (QED) is 0.184. The van der Waals surface area contributed by atoms with Crippen molar-refractivity contribution in [3.05, 3.63) is 129 Å². The van der Waals surface area contributed by atoms with Crippen molar-refractivity contribution >= 4 is 45.6 Å². The average molecular weight is 606 g/mol. The molecule has 4 aromatic carbocycles. The minimum absolute atomic E-state index is 0.0534. The lowest BCUT2D eigenvalue weighted by atomic mass is 9.47. The first-order chi connectivity index (χ1) is 19.8. The fraction of sp³-hybridized carbons (Fsp3) is 0.152. The molecule has 0 saturated carbocycles. The van der Waals surface area contributed by atoms with E-state index in [4.69, 9.17) is 0 Å². The molecule has 3 amide bonds. The number of imide groups is 1. The number of hydrogen-bond acceptors (Lipinski definition) is 5. The Morgan fingerprint density at radius 1 is 0.927 bits per heavy atom. The van der Waals surface area contributed by atoms with E-state index in [9.17, 15) is 19.5 Å². The number of carbonyl (C=O) groups excluding carboxylic acids is 3. The molecule has 8 heteroatoms. The second kappa shape index (κ2) is 9.24. The molecule has 0 unspecified atom stereocenters. The van der Waals surface area contributed by atoms with Crippen LogP contribution >= 0.6 is 15.9 Å². The average Bonchev–Trinajstić information content (AvgIpc) is 3.25. The number of phenolic OH excluding ortho intramolecular Hbond substituents is 1. The molecular weight excluding hydrogens is 582 g/mol. The molecule has 4 aromatic rings. The van der Waals surface area contributed by atoms with Gasteiger partial charge in [0.1, 0.15) is 5.75 Å². The molecule has 1 aliphatic heterocycles. The summed E-state index contributed by atoms with van der Waals surface area (Å²) in [6, 6.07) is 27.7. The number of halogens is 1. The van der Waals surface area contributed by atoms with Gasteiger partial charge in [-0.25, -0.2) is 10.3 Å². The van der Waals surface area contributed by atoms with E-state index in [1.54, 1.807) is 24.4 Å². The van der Waals surface area contributed by atoms with Crippen LogP contribution in [-0.2, 0) is 15.0 Å². The highest BCUT2D eigenvalue weighted by Crippen LogP contribution is 2.63. The summed E-state index contributed by atoms with van der Waals surface area (Å²) in [6.07, 6.45) is 1.61. The number of anilines is 1. The zero-order valence-electron chi connectivity index (χ0n) is 21.9. The van der Waals surface area contributed by atoms with Gasteiger partial charge in [0.15, 0.2) is 0 Å². The molecule has 2 N–H and O–H groups in total. The van der Waals surface area contributed by atoms with Gasteiger partial charge in [0, 0.05) is 16.6 Å². The number of amides is 3. The highest BCUT2D eigenvalue weighted by atomic mass is 79.9. The molecule has 1 heterocycles. The summed E-state index contributed by atoms with van der Waals surface area (Å²) in [5.74, 6) is -3.00. The number of aryl methyl sites for hydroxylation is 1. The number of benzene rings is 4. The molecule has 3 aliphatic carbocycles. The number of aromatic hydroxyl groups is 1. The van der Waals surface area contributed by atoms with E-state index in [-0.39, 0.29) is 29.0 Å². The third-order valence-corrected chi connectivity index (χ3v) is 9.11. The number of rotatable bonds is 4. The second-order valence-electron chi connectivity index (χ2n) is 10.7. The molecule has 8 rings (SSSR count). The second-order valence-corrected chi connectivity index (χ2v) is 11.6. The van der Waals surface area contributed by atoms with Crippen molar-refractivity contribution in [1.82, 2.24) is 5.43 Å². The van der Waals surface area contributed by atoms with Crippen LogP contribution in [0.4, 0.5) is 5.69 Å². The van der Waals surface area contributed by atoms with E-state index >= 15 is 0 Å². The van der Waals surface area contributed by atoms with E-state index < -0.39 is 23.2 Å². The first kappa shape index (κ1) is 25.4. The van der Waals surface area contributed by atoms with Gasteiger partial charge in [-0.05, 0) is 59.5 Å². The Hall–Kier alpha value is -4.56. The minimum Gasteiger partial charge on any atom is -0.507 e. The van der Waals surface area contributed by atoms with Crippen molar-refractivity contribution < 1.29 is 19.5 Å². The Morgan fingerprint density at radius 2 is 1.56 bits per heavy atom. The molecule has 0 aromatic heterocycles. The molecule has 0 spiro atoms. The molecular formula is C33H24BrN3O4. The highest BCUT2D eigenvalue weighted by molar-refractivity contribution is 9.10. The molecule has 202 valence electrons. The number of phenols is 1. The standard InChI is InChI=1S/C33H24BrN3O4/c1-18-10-13-20(14-11-18)37-31(40)28-27-21-6-2-4-8-24(21)33(29(28)32(37)41,25-9-5-3-7-22(25)27)17-35-36-30(39)23-16-19(34)12-15-26(23)38/h2-17,27-29,38H,1H3,(H,36,39)/b35-17+/t27?,28-,29-,33?/m1/s1. The largest absolute Gasteiger partial charge is 0.507 e. The summed E-state index contributed by atoms with van der Waals surface area (Å²) >= 11 is 3.32. The van der Waals surface area contributed by atoms with Crippen LogP contribution < -0.4 is 10.3 Å². The van der Waals surface area contributed by atoms with Gasteiger partial charge in [-0.2, -0.15) is 5.10 Å². The maximum atomic E-state index is 14.4. The Bertz CT molecular complexity index is 1750. The van der Waals surface area contributed by atoms with Crippen molar-refractivity contribution in [2.24, 2.45) is 16.9 Å². The third kappa shape index (κ3) is 3.56. The van der Waals surface area contributed by atoms with E-state index in [0.29, 0.717) is 10.2 Å². The molecule has 1 fully saturated rings. The van der Waals surface area contributed by atoms with Gasteiger partial charge >= 0.3 is 0 Å². The molecule has 2 bridgehead atoms. The van der Waals surface area contributed by atoms with Crippen LogP contribution in [0.5, 0.6) is 5.75 Å². The van der Waals surface area contributed by atoms with Gasteiger partial charge in [0.2, 0.25) is 11.8 Å². The minimum atomic E-state index is -1.11. The van der Waals surface area contributed by atoms with Gasteiger partial charge in [0.25, 0.3) is 5.91 Å². The van der Waals surface area contributed by atoms with E-state index in [0.717, 1.165) is 27.8 Å². The van der Waals surface area contributed by atoms with Crippen LogP contribution in [0.2, 0.25) is 0 Å². The van der Waals surface area contributed by atoms with Crippen LogP contribution in [-0.4, -0.2) is 29.0 Å². The molecule has 0 radical (unpaired) electrons. The number of hydrazone groups is 1. The predicted molar refractivity (Wildman–Crippen MR) is 158 cm³/mol. The summed E-state index contributed by atoms with van der Waals surface area (Å²) in [6.45, 7) is 1.96. The summed E-state index contributed by atoms with van der Waals surface area (Å²) in [5.41, 5.74) is 6.79. The van der Waals surface area contributed by atoms with Gasteiger partial charge in [-0.3, -0.25) is 14.4 Å². The first-order valence-corrected chi connectivity index (χ1v) is 14.1. The van der Waals surface area contributed by atoms with E-state index in [1.165, 1.54) is 17.0 Å². The van der Waals surface area contributed by atoms with Crippen molar-refractivity contribution in [2.45, 2.75) is 18.3 Å². The number of carbonyl (C=O) groups is 3. The van der Waals surface area contributed by atoms with Gasteiger partial charge in [-0.15, -0.1) is 0 Å². The lowest BCUT2D eigenvalue weighted by Gasteiger charge is -2.52. The maximum absolute atomic E-state index is 14.4. The monoisotopic (exact) mass is 605 g/mol. The van der Waals surface area contributed by atoms with Gasteiger partial charge < -0.3 is 5.11 Å². The van der Waals surface area contributed by atoms with Gasteiger partial charge in [-0.1, -0.05) is 82.2 Å². The summed E-state index contributed by atoms with van der Waals surface area (Å²) in [5, 5.41) is 14.6. The Balaban J connectivity index is 1.40. The predicted octanol–water partition coefficient (Wildman–Crippen LogP) is 5.43. The topological polar surface area (TPSA) is 99.1 Å². The smallest absolute Gasteiger partial charge is 0.275 e. The fourth-order valence-electron chi connectivity index (χ4n) is 6.94. The molecule has 7 nitrogen and oxygen atoms in total. The van der Waals surface area contributed by atoms with Crippen molar-refractivity contribution in [2.75, 3.05) is 4.90 Å². The van der Waals surface area contributed by atoms with E-state index in [2.05, 4.69) is 26.5 Å². The van der Waals surface area contributed by atoms with Gasteiger partial charge in [0.05, 0.1) is 28.5 Å². The van der Waals surface area contributed by atoms with Crippen molar-refractivity contribution in [3.63, 3.8) is 0 Å². The molecule has 1 saturated heterocycles. The summed E-state index contributed by atoms with van der Waals surface area (Å²) in [4.78, 5) is 42.9. The van der Waals surface area contributed by atoms with Crippen LogP contribution in [0.15, 0.2) is 101 Å². The molecule has 4 aliphatic rings. The zero-order chi connectivity index (χ0) is 28.5. The van der Waals surface area contributed by atoms with Crippen LogP contribution in [0.25, 0.3) is 0 Å². The van der Waals surface area contributed by atoms with E-state index in [1.807, 2.05) is 67.6 Å². The molecule has 2 atom stereocenters. The first-order valence-electron chi connectivity index (χ1n) is 13.3. The van der Waals surface area contributed by atoms with Crippen molar-refractivity contribution in [3.8, 4) is 5.75 Å². The Morgan fingerprint density at radius 3 is 2.22 bits per heavy atom. The number of nitrogens with zero attached hydrogens (tertiary/aromatic N) is 2.